The van der Waals surface area contributed by atoms with Gasteiger partial charge in [-0.05, 0) is 110 Å². The van der Waals surface area contributed by atoms with Crippen LogP contribution < -0.4 is 4.90 Å². The number of aliphatic hydroxyl groups is 1. The second-order valence-electron chi connectivity index (χ2n) is 12.6. The van der Waals surface area contributed by atoms with Crippen LogP contribution in [0, 0.1) is 17.3 Å². The van der Waals surface area contributed by atoms with Crippen LogP contribution in [0.5, 0.6) is 5.75 Å². The summed E-state index contributed by atoms with van der Waals surface area (Å²) in [5.74, 6) is 1.64. The van der Waals surface area contributed by atoms with Gasteiger partial charge >= 0.3 is 5.97 Å². The van der Waals surface area contributed by atoms with E-state index in [4.69, 9.17) is 27.9 Å². The zero-order chi connectivity index (χ0) is 29.9. The zero-order valence-electron chi connectivity index (χ0n) is 24.5. The monoisotopic (exact) mass is 615 g/mol. The Bertz CT molecular complexity index is 1260. The van der Waals surface area contributed by atoms with Crippen molar-refractivity contribution in [2.45, 2.75) is 76.2 Å². The van der Waals surface area contributed by atoms with E-state index in [2.05, 4.69) is 30.0 Å². The third-order valence-electron chi connectivity index (χ3n) is 10.5. The van der Waals surface area contributed by atoms with Gasteiger partial charge < -0.3 is 19.8 Å². The summed E-state index contributed by atoms with van der Waals surface area (Å²) in [6.07, 6.45) is 6.35. The lowest BCUT2D eigenvalue weighted by atomic mass is 9.53. The van der Waals surface area contributed by atoms with E-state index in [0.717, 1.165) is 62.9 Å². The van der Waals surface area contributed by atoms with Crippen LogP contribution in [-0.4, -0.2) is 59.0 Å². The normalized spacial score (nSPS) is 28.0. The highest BCUT2D eigenvalue weighted by atomic mass is 35.5. The molecule has 0 radical (unpaired) electrons. The van der Waals surface area contributed by atoms with Crippen molar-refractivity contribution in [2.24, 2.45) is 17.3 Å². The van der Waals surface area contributed by atoms with Crippen LogP contribution in [0.3, 0.4) is 0 Å². The summed E-state index contributed by atoms with van der Waals surface area (Å²) >= 11 is 11.8. The largest absolute Gasteiger partial charge is 0.508 e. The van der Waals surface area contributed by atoms with Gasteiger partial charge in [-0.1, -0.05) is 25.1 Å². The van der Waals surface area contributed by atoms with Gasteiger partial charge in [-0.15, -0.1) is 23.2 Å². The molecular weight excluding hydrogens is 573 g/mol. The highest BCUT2D eigenvalue weighted by molar-refractivity contribution is 6.18. The molecule has 42 heavy (non-hydrogen) atoms. The van der Waals surface area contributed by atoms with E-state index in [0.29, 0.717) is 42.2 Å². The Morgan fingerprint density at radius 2 is 1.76 bits per heavy atom. The number of ketones is 1. The number of esters is 1. The number of carbonyl (C=O) groups is 2. The lowest BCUT2D eigenvalue weighted by Crippen LogP contribution is -2.56. The average Bonchev–Trinajstić information content (AvgIpc) is 3.27. The Hall–Kier alpha value is -2.28. The fourth-order valence-corrected chi connectivity index (χ4v) is 8.67. The van der Waals surface area contributed by atoms with Gasteiger partial charge in [-0.25, -0.2) is 0 Å². The number of phenolic OH excluding ortho intramolecular Hbond substituents is 1. The molecule has 5 atom stereocenters. The van der Waals surface area contributed by atoms with Gasteiger partial charge in [0.05, 0.1) is 0 Å². The molecule has 3 aliphatic rings. The number of benzene rings is 2. The number of hydrogen-bond acceptors (Lipinski definition) is 6. The molecule has 2 N–H and O–H groups in total. The first-order chi connectivity index (χ1) is 20.2. The highest BCUT2D eigenvalue weighted by Gasteiger charge is 2.64. The Morgan fingerprint density at radius 3 is 2.48 bits per heavy atom. The van der Waals surface area contributed by atoms with Crippen molar-refractivity contribution in [3.63, 3.8) is 0 Å². The number of phenols is 1. The first-order valence-electron chi connectivity index (χ1n) is 15.4. The number of rotatable bonds is 12. The van der Waals surface area contributed by atoms with Crippen molar-refractivity contribution in [1.82, 2.24) is 0 Å². The van der Waals surface area contributed by atoms with E-state index in [-0.39, 0.29) is 24.7 Å². The van der Waals surface area contributed by atoms with E-state index in [1.165, 1.54) is 11.1 Å². The van der Waals surface area contributed by atoms with Crippen molar-refractivity contribution in [3.8, 4) is 5.75 Å². The van der Waals surface area contributed by atoms with E-state index >= 15 is 0 Å². The summed E-state index contributed by atoms with van der Waals surface area (Å²) in [6.45, 7) is 3.16. The van der Waals surface area contributed by atoms with Crippen LogP contribution >= 0.6 is 23.2 Å². The summed E-state index contributed by atoms with van der Waals surface area (Å²) in [5.41, 5.74) is 2.74. The van der Waals surface area contributed by atoms with Gasteiger partial charge in [-0.3, -0.25) is 9.59 Å². The summed E-state index contributed by atoms with van der Waals surface area (Å²) in [6, 6.07) is 13.9. The van der Waals surface area contributed by atoms with Crippen molar-refractivity contribution in [3.05, 3.63) is 59.2 Å². The van der Waals surface area contributed by atoms with E-state index in [9.17, 15) is 19.8 Å². The van der Waals surface area contributed by atoms with E-state index in [1.807, 2.05) is 18.2 Å². The number of halogens is 2. The molecular formula is C34H43Cl2NO5. The number of carbonyl (C=O) groups excluding carboxylic acids is 2. The number of ether oxygens (including phenoxy) is 1. The topological polar surface area (TPSA) is 87.1 Å². The number of fused-ring (bicyclic) bond motifs is 5. The molecule has 0 aliphatic heterocycles. The predicted octanol–water partition coefficient (Wildman–Crippen LogP) is 6.40. The van der Waals surface area contributed by atoms with E-state index < -0.39 is 17.0 Å². The number of Topliss-reactive ketones (excluding diaryl/α,β-unsaturated/α-hetero) is 1. The second-order valence-corrected chi connectivity index (χ2v) is 13.4. The average molecular weight is 617 g/mol. The minimum atomic E-state index is -1.47. The smallest absolute Gasteiger partial charge is 0.306 e. The number of hydrogen-bond donors (Lipinski definition) is 2. The van der Waals surface area contributed by atoms with Gasteiger partial charge in [0.2, 0.25) is 5.78 Å². The second kappa shape index (κ2) is 13.2. The zero-order valence-corrected chi connectivity index (χ0v) is 26.0. The minimum Gasteiger partial charge on any atom is -0.508 e. The quantitative estimate of drug-likeness (QED) is 0.212. The maximum Gasteiger partial charge on any atom is 0.306 e. The Labute approximate surface area is 259 Å². The van der Waals surface area contributed by atoms with E-state index in [1.54, 1.807) is 6.07 Å². The first-order valence-corrected chi connectivity index (χ1v) is 16.5. The van der Waals surface area contributed by atoms with Gasteiger partial charge in [-0.2, -0.15) is 0 Å². The third-order valence-corrected chi connectivity index (χ3v) is 10.9. The SMILES string of the molecule is C[C@@]12CC[C@H]3c4ccc(O)cc4CC[C@@H]3[C@H]1CC[C@@]2(O)C(=O)COC(=O)CCCc1ccc(N(CCCl)CCCl)cc1. The molecule has 3 aliphatic carbocycles. The molecule has 5 rings (SSSR count). The molecule has 2 saturated carbocycles. The number of aromatic hydroxyl groups is 1. The standard InChI is InChI=1S/C34H43Cl2NO5/c1-33-15-13-28-27-12-10-26(38)21-24(27)7-11-29(28)30(33)14-16-34(33,41)31(39)22-42-32(40)4-2-3-23-5-8-25(9-6-23)37(19-17-35)20-18-36/h5-6,8-10,12,21,28-30,38,41H,2-4,7,11,13-20,22H2,1H3/t28-,29-,30+,33+,34+/m0/s1. The number of aryl methyl sites for hydroxylation is 2. The molecule has 8 heteroatoms. The molecule has 0 amide bonds. The fourth-order valence-electron chi connectivity index (χ4n) is 8.26. The predicted molar refractivity (Wildman–Crippen MR) is 167 cm³/mol. The van der Waals surface area contributed by atoms with Crippen LogP contribution in [-0.2, 0) is 27.2 Å². The van der Waals surface area contributed by atoms with Crippen molar-refractivity contribution in [2.75, 3.05) is 36.4 Å². The first kappa shape index (κ1) is 31.2. The molecule has 2 aromatic carbocycles. The number of anilines is 1. The Morgan fingerprint density at radius 1 is 1.02 bits per heavy atom. The Balaban J connectivity index is 1.11. The molecule has 0 spiro atoms. The van der Waals surface area contributed by atoms with Crippen LogP contribution in [0.2, 0.25) is 0 Å². The minimum absolute atomic E-state index is 0.219. The molecule has 0 unspecified atom stereocenters. The van der Waals surface area contributed by atoms with Crippen LogP contribution in [0.25, 0.3) is 0 Å². The Kier molecular flexibility index (Phi) is 9.76. The molecule has 0 saturated heterocycles. The van der Waals surface area contributed by atoms with Gasteiger partial charge in [0.15, 0.2) is 6.61 Å². The molecule has 2 aromatic rings. The van der Waals surface area contributed by atoms with Crippen molar-refractivity contribution in [1.29, 1.82) is 0 Å². The lowest BCUT2D eigenvalue weighted by Gasteiger charge is -2.52. The number of nitrogens with zero attached hydrogens (tertiary/aromatic N) is 1. The fraction of sp³-hybridized carbons (Fsp3) is 0.588. The molecule has 6 nitrogen and oxygen atoms in total. The van der Waals surface area contributed by atoms with Crippen LogP contribution in [0.15, 0.2) is 42.5 Å². The maximum absolute atomic E-state index is 13.4. The number of alkyl halides is 2. The summed E-state index contributed by atoms with van der Waals surface area (Å²) < 4.78 is 5.41. The third kappa shape index (κ3) is 6.05. The molecule has 2 fully saturated rings. The lowest BCUT2D eigenvalue weighted by molar-refractivity contribution is -0.166. The van der Waals surface area contributed by atoms with Crippen molar-refractivity contribution >= 4 is 40.6 Å². The summed E-state index contributed by atoms with van der Waals surface area (Å²) in [7, 11) is 0. The maximum atomic E-state index is 13.4. The molecule has 0 aromatic heterocycles. The van der Waals surface area contributed by atoms with Gasteiger partial charge in [0, 0.05) is 42.4 Å². The van der Waals surface area contributed by atoms with Crippen molar-refractivity contribution < 1.29 is 24.5 Å². The highest BCUT2D eigenvalue weighted by Crippen LogP contribution is 2.64. The molecule has 0 heterocycles. The van der Waals surface area contributed by atoms with Gasteiger partial charge in [0.25, 0.3) is 0 Å². The summed E-state index contributed by atoms with van der Waals surface area (Å²) in [5, 5.41) is 21.7. The van der Waals surface area contributed by atoms with Crippen LogP contribution in [0.1, 0.15) is 74.5 Å². The summed E-state index contributed by atoms with van der Waals surface area (Å²) in [4.78, 5) is 28.1. The molecule has 228 valence electrons. The van der Waals surface area contributed by atoms with Gasteiger partial charge in [0.1, 0.15) is 11.4 Å². The van der Waals surface area contributed by atoms with Crippen LogP contribution in [0.4, 0.5) is 5.69 Å². The molecule has 0 bridgehead atoms.